The zero-order valence-electron chi connectivity index (χ0n) is 19.0. The largest absolute Gasteiger partial charge is 0.357 e. The molecule has 0 saturated carbocycles. The molecular formula is C23H30ClN3O4S. The number of nitrogens with one attached hydrogen (secondary N) is 1. The molecule has 174 valence electrons. The van der Waals surface area contributed by atoms with Crippen LogP contribution in [0.1, 0.15) is 37.8 Å². The lowest BCUT2D eigenvalue weighted by Crippen LogP contribution is -2.50. The Morgan fingerprint density at radius 2 is 1.69 bits per heavy atom. The number of sulfonamides is 1. The molecule has 0 spiro atoms. The van der Waals surface area contributed by atoms with E-state index in [0.29, 0.717) is 16.6 Å². The monoisotopic (exact) mass is 479 g/mol. The van der Waals surface area contributed by atoms with Gasteiger partial charge in [0.2, 0.25) is 21.8 Å². The van der Waals surface area contributed by atoms with Gasteiger partial charge in [0.05, 0.1) is 11.9 Å². The molecule has 2 aromatic carbocycles. The van der Waals surface area contributed by atoms with E-state index in [1.165, 1.54) is 11.9 Å². The van der Waals surface area contributed by atoms with Gasteiger partial charge in [0.25, 0.3) is 0 Å². The summed E-state index contributed by atoms with van der Waals surface area (Å²) in [6.07, 6.45) is 1.06. The molecule has 7 nitrogen and oxygen atoms in total. The summed E-state index contributed by atoms with van der Waals surface area (Å²) in [7, 11) is -2.26. The predicted octanol–water partition coefficient (Wildman–Crippen LogP) is 3.39. The van der Waals surface area contributed by atoms with Crippen molar-refractivity contribution in [1.29, 1.82) is 0 Å². The molecule has 2 aromatic rings. The fraction of sp³-hybridized carbons (Fsp3) is 0.391. The molecule has 0 aromatic heterocycles. The number of rotatable bonds is 9. The van der Waals surface area contributed by atoms with Crippen LogP contribution in [0.3, 0.4) is 0 Å². The predicted molar refractivity (Wildman–Crippen MR) is 128 cm³/mol. The molecule has 0 aliphatic carbocycles. The lowest BCUT2D eigenvalue weighted by atomic mass is 10.0. The van der Waals surface area contributed by atoms with Crippen LogP contribution in [0.15, 0.2) is 48.5 Å². The molecule has 2 amide bonds. The maximum absolute atomic E-state index is 13.3. The fourth-order valence-electron chi connectivity index (χ4n) is 3.26. The van der Waals surface area contributed by atoms with E-state index in [-0.39, 0.29) is 12.5 Å². The standard InChI is InChI=1S/C23H30ClN3O4S/c1-16(2)19-9-11-21(12-10-19)27(32(5,30)31)15-22(28)26(17(3)23(29)25-4)14-18-7-6-8-20(24)13-18/h6-13,16-17H,14-15H2,1-5H3,(H,25,29)/t17-/m0/s1. The number of likely N-dealkylation sites (N-methyl/N-ethyl adjacent to an activating group) is 1. The molecule has 0 unspecified atom stereocenters. The van der Waals surface area contributed by atoms with Crippen molar-refractivity contribution < 1.29 is 18.0 Å². The van der Waals surface area contributed by atoms with Gasteiger partial charge in [-0.3, -0.25) is 13.9 Å². The second-order valence-electron chi connectivity index (χ2n) is 7.96. The molecule has 2 rings (SSSR count). The average Bonchev–Trinajstić information content (AvgIpc) is 2.74. The number of nitrogens with zero attached hydrogens (tertiary/aromatic N) is 2. The molecule has 1 atom stereocenters. The van der Waals surface area contributed by atoms with E-state index in [2.05, 4.69) is 5.32 Å². The number of hydrogen-bond acceptors (Lipinski definition) is 4. The number of benzene rings is 2. The van der Waals surface area contributed by atoms with Crippen molar-refractivity contribution in [3.05, 3.63) is 64.7 Å². The topological polar surface area (TPSA) is 86.8 Å². The molecule has 9 heteroatoms. The minimum atomic E-state index is -3.75. The molecule has 1 N–H and O–H groups in total. The molecule has 0 aliphatic rings. The molecule has 32 heavy (non-hydrogen) atoms. The van der Waals surface area contributed by atoms with Crippen molar-refractivity contribution in [2.24, 2.45) is 0 Å². The Hall–Kier alpha value is -2.58. The van der Waals surface area contributed by atoms with Crippen LogP contribution in [0, 0.1) is 0 Å². The first-order valence-electron chi connectivity index (χ1n) is 10.3. The molecule has 0 bridgehead atoms. The van der Waals surface area contributed by atoms with Gasteiger partial charge in [0.1, 0.15) is 12.6 Å². The van der Waals surface area contributed by atoms with E-state index in [1.54, 1.807) is 43.3 Å². The fourth-order valence-corrected chi connectivity index (χ4v) is 4.33. The Balaban J connectivity index is 2.37. The van der Waals surface area contributed by atoms with Crippen molar-refractivity contribution in [2.75, 3.05) is 24.2 Å². The number of carbonyl (C=O) groups is 2. The van der Waals surface area contributed by atoms with Crippen LogP contribution < -0.4 is 9.62 Å². The first kappa shape index (κ1) is 25.7. The van der Waals surface area contributed by atoms with Crippen LogP contribution in [0.25, 0.3) is 0 Å². The minimum absolute atomic E-state index is 0.109. The Labute approximate surface area is 195 Å². The zero-order chi connectivity index (χ0) is 24.1. The third-order valence-corrected chi connectivity index (χ3v) is 6.56. The molecule has 0 saturated heterocycles. The second kappa shape index (κ2) is 10.8. The molecule has 0 aliphatic heterocycles. The Bertz CT molecular complexity index is 1060. The Kier molecular flexibility index (Phi) is 8.69. The minimum Gasteiger partial charge on any atom is -0.357 e. The van der Waals surface area contributed by atoms with Crippen LogP contribution in [0.5, 0.6) is 0 Å². The first-order valence-corrected chi connectivity index (χ1v) is 12.5. The number of halogens is 1. The summed E-state index contributed by atoms with van der Waals surface area (Å²) in [6.45, 7) is 5.37. The molecular weight excluding hydrogens is 450 g/mol. The smallest absolute Gasteiger partial charge is 0.244 e. The SMILES string of the molecule is CNC(=O)[C@H](C)N(Cc1cccc(Cl)c1)C(=O)CN(c1ccc(C(C)C)cc1)S(C)(=O)=O. The summed E-state index contributed by atoms with van der Waals surface area (Å²) in [4.78, 5) is 27.0. The van der Waals surface area contributed by atoms with E-state index in [9.17, 15) is 18.0 Å². The van der Waals surface area contributed by atoms with Gasteiger partial charge in [0.15, 0.2) is 0 Å². The maximum Gasteiger partial charge on any atom is 0.244 e. The van der Waals surface area contributed by atoms with Gasteiger partial charge in [-0.15, -0.1) is 0 Å². The summed E-state index contributed by atoms with van der Waals surface area (Å²) in [5, 5.41) is 3.04. The van der Waals surface area contributed by atoms with Crippen molar-refractivity contribution >= 4 is 39.1 Å². The number of anilines is 1. The van der Waals surface area contributed by atoms with Crippen molar-refractivity contribution in [3.8, 4) is 0 Å². The second-order valence-corrected chi connectivity index (χ2v) is 10.3. The summed E-state index contributed by atoms with van der Waals surface area (Å²) < 4.78 is 26.1. The van der Waals surface area contributed by atoms with Crippen LogP contribution in [0.2, 0.25) is 5.02 Å². The molecule has 0 heterocycles. The number of amides is 2. The van der Waals surface area contributed by atoms with E-state index in [4.69, 9.17) is 11.6 Å². The van der Waals surface area contributed by atoms with Gasteiger partial charge in [0, 0.05) is 18.6 Å². The molecule has 0 fully saturated rings. The Morgan fingerprint density at radius 1 is 1.06 bits per heavy atom. The van der Waals surface area contributed by atoms with E-state index < -0.39 is 28.5 Å². The van der Waals surface area contributed by atoms with Gasteiger partial charge in [-0.1, -0.05) is 49.7 Å². The van der Waals surface area contributed by atoms with E-state index in [1.807, 2.05) is 26.0 Å². The van der Waals surface area contributed by atoms with Crippen molar-refractivity contribution in [3.63, 3.8) is 0 Å². The van der Waals surface area contributed by atoms with Gasteiger partial charge in [-0.05, 0) is 48.2 Å². The van der Waals surface area contributed by atoms with Gasteiger partial charge in [-0.25, -0.2) is 8.42 Å². The lowest BCUT2D eigenvalue weighted by Gasteiger charge is -2.31. The molecule has 0 radical (unpaired) electrons. The zero-order valence-corrected chi connectivity index (χ0v) is 20.6. The van der Waals surface area contributed by atoms with Crippen LogP contribution in [-0.4, -0.2) is 51.0 Å². The van der Waals surface area contributed by atoms with Crippen LogP contribution in [0.4, 0.5) is 5.69 Å². The summed E-state index contributed by atoms with van der Waals surface area (Å²) >= 11 is 6.07. The Morgan fingerprint density at radius 3 is 2.19 bits per heavy atom. The van der Waals surface area contributed by atoms with Crippen LogP contribution >= 0.6 is 11.6 Å². The highest BCUT2D eigenvalue weighted by atomic mass is 35.5. The van der Waals surface area contributed by atoms with E-state index in [0.717, 1.165) is 21.7 Å². The first-order chi connectivity index (χ1) is 14.9. The van der Waals surface area contributed by atoms with Gasteiger partial charge < -0.3 is 10.2 Å². The number of hydrogen-bond donors (Lipinski definition) is 1. The van der Waals surface area contributed by atoms with E-state index >= 15 is 0 Å². The summed E-state index contributed by atoms with van der Waals surface area (Å²) in [5.41, 5.74) is 2.18. The van der Waals surface area contributed by atoms with Gasteiger partial charge in [-0.2, -0.15) is 0 Å². The lowest BCUT2D eigenvalue weighted by molar-refractivity contribution is -0.139. The summed E-state index contributed by atoms with van der Waals surface area (Å²) in [6, 6.07) is 13.2. The highest BCUT2D eigenvalue weighted by Crippen LogP contribution is 2.23. The highest BCUT2D eigenvalue weighted by Gasteiger charge is 2.29. The number of carbonyl (C=O) groups excluding carboxylic acids is 2. The normalized spacial score (nSPS) is 12.3. The summed E-state index contributed by atoms with van der Waals surface area (Å²) in [5.74, 6) is -0.564. The van der Waals surface area contributed by atoms with Crippen molar-refractivity contribution in [1.82, 2.24) is 10.2 Å². The third-order valence-electron chi connectivity index (χ3n) is 5.18. The van der Waals surface area contributed by atoms with Crippen LogP contribution in [-0.2, 0) is 26.2 Å². The third kappa shape index (κ3) is 6.71. The van der Waals surface area contributed by atoms with Gasteiger partial charge >= 0.3 is 0 Å². The average molecular weight is 480 g/mol. The maximum atomic E-state index is 13.3. The van der Waals surface area contributed by atoms with Crippen molar-refractivity contribution in [2.45, 2.75) is 39.3 Å². The quantitative estimate of drug-likeness (QED) is 0.597. The highest BCUT2D eigenvalue weighted by molar-refractivity contribution is 7.92.